The van der Waals surface area contributed by atoms with Crippen LogP contribution in [0.15, 0.2) is 24.3 Å². The Kier molecular flexibility index (Phi) is 7.70. The summed E-state index contributed by atoms with van der Waals surface area (Å²) in [4.78, 5) is 29.9. The number of nitrogens with zero attached hydrogens (tertiary/aromatic N) is 2. The van der Waals surface area contributed by atoms with Crippen LogP contribution in [-0.2, 0) is 16.1 Å². The third-order valence-corrected chi connectivity index (χ3v) is 6.31. The van der Waals surface area contributed by atoms with E-state index in [1.165, 1.54) is 18.4 Å². The van der Waals surface area contributed by atoms with Gasteiger partial charge in [-0.1, -0.05) is 56.5 Å². The highest BCUT2D eigenvalue weighted by atomic mass is 16.2. The first-order valence-electron chi connectivity index (χ1n) is 11.3. The van der Waals surface area contributed by atoms with Gasteiger partial charge in [0.1, 0.15) is 0 Å². The molecule has 5 heteroatoms. The van der Waals surface area contributed by atoms with Crippen molar-refractivity contribution >= 4 is 11.8 Å². The molecule has 1 aromatic rings. The molecule has 0 bridgehead atoms. The number of benzene rings is 1. The molecule has 1 aromatic carbocycles. The smallest absolute Gasteiger partial charge is 0.237 e. The minimum absolute atomic E-state index is 0.0651. The lowest BCUT2D eigenvalue weighted by Crippen LogP contribution is -2.58. The van der Waals surface area contributed by atoms with Gasteiger partial charge in [-0.3, -0.25) is 14.5 Å². The standard InChI is InChI=1S/C24H37N3O2/c1-18(2)15-22(28)26-11-13-27(14-12-26)23(21-9-4-5-10-21)24(29)25-17-20-8-6-7-19(3)16-20/h6-8,16,18,21,23H,4-5,9-15,17H2,1-3H3,(H,25,29). The van der Waals surface area contributed by atoms with Gasteiger partial charge in [-0.2, -0.15) is 0 Å². The maximum atomic E-state index is 13.2. The number of hydrogen-bond donors (Lipinski definition) is 1. The van der Waals surface area contributed by atoms with Gasteiger partial charge in [0.2, 0.25) is 11.8 Å². The maximum Gasteiger partial charge on any atom is 0.237 e. The van der Waals surface area contributed by atoms with Crippen LogP contribution in [0, 0.1) is 18.8 Å². The average Bonchev–Trinajstić information content (AvgIpc) is 3.21. The summed E-state index contributed by atoms with van der Waals surface area (Å²) < 4.78 is 0. The van der Waals surface area contributed by atoms with E-state index in [1.54, 1.807) is 0 Å². The first kappa shape index (κ1) is 21.8. The molecule has 1 atom stereocenters. The van der Waals surface area contributed by atoms with Crippen molar-refractivity contribution in [3.8, 4) is 0 Å². The van der Waals surface area contributed by atoms with Crippen molar-refractivity contribution in [2.24, 2.45) is 11.8 Å². The van der Waals surface area contributed by atoms with Crippen LogP contribution >= 0.6 is 0 Å². The van der Waals surface area contributed by atoms with Gasteiger partial charge >= 0.3 is 0 Å². The van der Waals surface area contributed by atoms with Crippen molar-refractivity contribution in [2.45, 2.75) is 65.5 Å². The zero-order chi connectivity index (χ0) is 20.8. The minimum atomic E-state index is -0.0651. The number of hydrogen-bond acceptors (Lipinski definition) is 3. The molecule has 1 saturated heterocycles. The summed E-state index contributed by atoms with van der Waals surface area (Å²) in [5.74, 6) is 1.23. The largest absolute Gasteiger partial charge is 0.351 e. The Bertz CT molecular complexity index is 689. The molecule has 5 nitrogen and oxygen atoms in total. The van der Waals surface area contributed by atoms with Crippen molar-refractivity contribution in [1.82, 2.24) is 15.1 Å². The fraction of sp³-hybridized carbons (Fsp3) is 0.667. The maximum absolute atomic E-state index is 13.2. The topological polar surface area (TPSA) is 52.7 Å². The molecule has 1 unspecified atom stereocenters. The molecule has 0 radical (unpaired) electrons. The predicted octanol–water partition coefficient (Wildman–Crippen LogP) is 3.36. The monoisotopic (exact) mass is 399 g/mol. The van der Waals surface area contributed by atoms with E-state index in [9.17, 15) is 9.59 Å². The number of aryl methyl sites for hydroxylation is 1. The number of rotatable bonds is 7. The zero-order valence-electron chi connectivity index (χ0n) is 18.3. The summed E-state index contributed by atoms with van der Waals surface area (Å²) in [5, 5.41) is 3.20. The van der Waals surface area contributed by atoms with E-state index in [4.69, 9.17) is 0 Å². The lowest BCUT2D eigenvalue weighted by Gasteiger charge is -2.41. The van der Waals surface area contributed by atoms with Gasteiger partial charge in [0.25, 0.3) is 0 Å². The molecule has 2 amide bonds. The molecule has 1 aliphatic carbocycles. The van der Waals surface area contributed by atoms with Crippen molar-refractivity contribution in [3.63, 3.8) is 0 Å². The van der Waals surface area contributed by atoms with Crippen LogP contribution in [0.5, 0.6) is 0 Å². The van der Waals surface area contributed by atoms with Crippen LogP contribution < -0.4 is 5.32 Å². The number of carbonyl (C=O) groups excluding carboxylic acids is 2. The summed E-state index contributed by atoms with van der Waals surface area (Å²) in [7, 11) is 0. The van der Waals surface area contributed by atoms with Gasteiger partial charge in [0.05, 0.1) is 6.04 Å². The summed E-state index contributed by atoms with van der Waals surface area (Å²) in [5.41, 5.74) is 2.36. The van der Waals surface area contributed by atoms with Crippen molar-refractivity contribution in [1.29, 1.82) is 0 Å². The van der Waals surface area contributed by atoms with Gasteiger partial charge in [-0.05, 0) is 37.2 Å². The number of nitrogens with one attached hydrogen (secondary N) is 1. The second-order valence-corrected chi connectivity index (χ2v) is 9.21. The van der Waals surface area contributed by atoms with E-state index >= 15 is 0 Å². The molecule has 1 saturated carbocycles. The minimum Gasteiger partial charge on any atom is -0.351 e. The number of carbonyl (C=O) groups is 2. The van der Waals surface area contributed by atoms with E-state index in [1.807, 2.05) is 11.0 Å². The van der Waals surface area contributed by atoms with E-state index in [-0.39, 0.29) is 17.9 Å². The Morgan fingerprint density at radius 3 is 2.41 bits per heavy atom. The second-order valence-electron chi connectivity index (χ2n) is 9.21. The van der Waals surface area contributed by atoms with E-state index in [0.717, 1.165) is 44.6 Å². The molecule has 1 aliphatic heterocycles. The molecule has 160 valence electrons. The van der Waals surface area contributed by atoms with Crippen molar-refractivity contribution in [3.05, 3.63) is 35.4 Å². The highest BCUT2D eigenvalue weighted by Gasteiger charge is 2.37. The van der Waals surface area contributed by atoms with Gasteiger partial charge in [0, 0.05) is 39.1 Å². The molecular weight excluding hydrogens is 362 g/mol. The van der Waals surface area contributed by atoms with Crippen LogP contribution in [0.2, 0.25) is 0 Å². The van der Waals surface area contributed by atoms with E-state index < -0.39 is 0 Å². The predicted molar refractivity (Wildman–Crippen MR) is 116 cm³/mol. The third-order valence-electron chi connectivity index (χ3n) is 6.31. The lowest BCUT2D eigenvalue weighted by molar-refractivity contribution is -0.136. The lowest BCUT2D eigenvalue weighted by atomic mass is 9.94. The third kappa shape index (κ3) is 6.05. The van der Waals surface area contributed by atoms with Crippen molar-refractivity contribution in [2.75, 3.05) is 26.2 Å². The SMILES string of the molecule is Cc1cccc(CNC(=O)C(C2CCCC2)N2CCN(C(=O)CC(C)C)CC2)c1. The Morgan fingerprint density at radius 1 is 1.10 bits per heavy atom. The van der Waals surface area contributed by atoms with Crippen LogP contribution in [0.4, 0.5) is 0 Å². The summed E-state index contributed by atoms with van der Waals surface area (Å²) in [6, 6.07) is 8.25. The van der Waals surface area contributed by atoms with Gasteiger partial charge in [-0.25, -0.2) is 0 Å². The molecule has 2 aliphatic rings. The number of amides is 2. The Hall–Kier alpha value is -1.88. The first-order chi connectivity index (χ1) is 13.9. The normalized spacial score (nSPS) is 19.5. The van der Waals surface area contributed by atoms with Gasteiger partial charge in [-0.15, -0.1) is 0 Å². The molecule has 29 heavy (non-hydrogen) atoms. The molecular formula is C24H37N3O2. The van der Waals surface area contributed by atoms with Crippen molar-refractivity contribution < 1.29 is 9.59 Å². The fourth-order valence-electron chi connectivity index (χ4n) is 4.79. The molecule has 1 heterocycles. The summed E-state index contributed by atoms with van der Waals surface area (Å²) in [6.07, 6.45) is 5.32. The highest BCUT2D eigenvalue weighted by Crippen LogP contribution is 2.31. The summed E-state index contributed by atoms with van der Waals surface area (Å²) in [6.45, 7) is 9.89. The average molecular weight is 400 g/mol. The van der Waals surface area contributed by atoms with Gasteiger partial charge < -0.3 is 10.2 Å². The van der Waals surface area contributed by atoms with Gasteiger partial charge in [0.15, 0.2) is 0 Å². The Labute approximate surface area is 175 Å². The molecule has 1 N–H and O–H groups in total. The Morgan fingerprint density at radius 2 is 1.79 bits per heavy atom. The van der Waals surface area contributed by atoms with Crippen LogP contribution in [0.25, 0.3) is 0 Å². The molecule has 0 spiro atoms. The molecule has 3 rings (SSSR count). The van der Waals surface area contributed by atoms with E-state index in [2.05, 4.69) is 49.2 Å². The first-order valence-corrected chi connectivity index (χ1v) is 11.3. The van der Waals surface area contributed by atoms with Crippen LogP contribution in [0.1, 0.15) is 57.1 Å². The quantitative estimate of drug-likeness (QED) is 0.765. The second kappa shape index (κ2) is 10.2. The fourth-order valence-corrected chi connectivity index (χ4v) is 4.79. The zero-order valence-corrected chi connectivity index (χ0v) is 18.3. The van der Waals surface area contributed by atoms with Crippen LogP contribution in [0.3, 0.4) is 0 Å². The number of piperazine rings is 1. The molecule has 0 aromatic heterocycles. The van der Waals surface area contributed by atoms with E-state index in [0.29, 0.717) is 24.8 Å². The summed E-state index contributed by atoms with van der Waals surface area (Å²) >= 11 is 0. The van der Waals surface area contributed by atoms with Crippen LogP contribution in [-0.4, -0.2) is 53.8 Å². The molecule has 2 fully saturated rings. The highest BCUT2D eigenvalue weighted by molar-refractivity contribution is 5.82. The Balaban J connectivity index is 1.60.